The highest BCUT2D eigenvalue weighted by Gasteiger charge is 2.22. The number of fused-ring (bicyclic) bond motifs is 2. The molecule has 4 aromatic rings. The summed E-state index contributed by atoms with van der Waals surface area (Å²) in [6.07, 6.45) is 1.66. The van der Waals surface area contributed by atoms with Crippen molar-refractivity contribution >= 4 is 28.2 Å². The van der Waals surface area contributed by atoms with Crippen molar-refractivity contribution in [3.05, 3.63) is 89.5 Å². The Bertz CT molecular complexity index is 1340. The number of carbonyl (C=O) groups excluding carboxylic acids is 1. The Morgan fingerprint density at radius 3 is 2.50 bits per heavy atom. The molecule has 32 heavy (non-hydrogen) atoms. The molecule has 1 aromatic heterocycles. The van der Waals surface area contributed by atoms with Gasteiger partial charge in [-0.1, -0.05) is 0 Å². The number of hydrogen-bond donors (Lipinski definition) is 0. The highest BCUT2D eigenvalue weighted by Crippen LogP contribution is 2.39. The summed E-state index contributed by atoms with van der Waals surface area (Å²) in [6.45, 7) is 0.739. The molecule has 6 heteroatoms. The quantitative estimate of drug-likeness (QED) is 0.371. The fourth-order valence-electron chi connectivity index (χ4n) is 4.26. The molecule has 1 aliphatic rings. The summed E-state index contributed by atoms with van der Waals surface area (Å²) in [5, 5.41) is 0.788. The van der Waals surface area contributed by atoms with E-state index in [0.717, 1.165) is 47.3 Å². The zero-order valence-corrected chi connectivity index (χ0v) is 17.4. The van der Waals surface area contributed by atoms with Crippen LogP contribution in [-0.4, -0.2) is 24.6 Å². The Hall–Kier alpha value is -3.80. The molecule has 0 fully saturated rings. The van der Waals surface area contributed by atoms with Crippen LogP contribution in [0.4, 0.5) is 20.2 Å². The highest BCUT2D eigenvalue weighted by atomic mass is 19.1. The van der Waals surface area contributed by atoms with E-state index in [1.807, 2.05) is 6.07 Å². The fraction of sp³-hybridized carbons (Fsp3) is 0.154. The minimum Gasteiger partial charge on any atom is -0.465 e. The summed E-state index contributed by atoms with van der Waals surface area (Å²) >= 11 is 0. The molecule has 3 aromatic carbocycles. The first-order chi connectivity index (χ1) is 15.5. The van der Waals surface area contributed by atoms with Gasteiger partial charge < -0.3 is 9.64 Å². The van der Waals surface area contributed by atoms with Crippen molar-refractivity contribution in [2.75, 3.05) is 18.6 Å². The molecule has 0 N–H and O–H groups in total. The van der Waals surface area contributed by atoms with E-state index in [0.29, 0.717) is 16.8 Å². The molecule has 0 amide bonds. The lowest BCUT2D eigenvalue weighted by Gasteiger charge is -2.32. The molecule has 0 unspecified atom stereocenters. The first kappa shape index (κ1) is 20.1. The van der Waals surface area contributed by atoms with E-state index in [2.05, 4.69) is 4.90 Å². The van der Waals surface area contributed by atoms with Gasteiger partial charge in [-0.2, -0.15) is 0 Å². The number of esters is 1. The molecular formula is C26H20F2N2O2. The zero-order chi connectivity index (χ0) is 22.2. The van der Waals surface area contributed by atoms with Crippen LogP contribution >= 0.6 is 0 Å². The normalized spacial score (nSPS) is 13.2. The molecule has 0 aliphatic carbocycles. The molecule has 0 radical (unpaired) electrons. The number of hydrogen-bond acceptors (Lipinski definition) is 4. The lowest BCUT2D eigenvalue weighted by Crippen LogP contribution is -2.25. The van der Waals surface area contributed by atoms with Gasteiger partial charge in [0, 0.05) is 23.2 Å². The third-order valence-electron chi connectivity index (χ3n) is 5.80. The fourth-order valence-corrected chi connectivity index (χ4v) is 4.26. The smallest absolute Gasteiger partial charge is 0.337 e. The van der Waals surface area contributed by atoms with Gasteiger partial charge in [0.05, 0.1) is 29.6 Å². The third-order valence-corrected chi connectivity index (χ3v) is 5.80. The average Bonchev–Trinajstić information content (AvgIpc) is 2.82. The highest BCUT2D eigenvalue weighted by molar-refractivity contribution is 6.01. The minimum atomic E-state index is -0.429. The maximum Gasteiger partial charge on any atom is 0.337 e. The number of anilines is 2. The molecule has 1 aliphatic heterocycles. The van der Waals surface area contributed by atoms with Crippen LogP contribution < -0.4 is 4.90 Å². The van der Waals surface area contributed by atoms with Crippen LogP contribution in [0.25, 0.3) is 22.2 Å². The lowest BCUT2D eigenvalue weighted by atomic mass is 9.98. The molecule has 5 rings (SSSR count). The maximum absolute atomic E-state index is 13.9. The van der Waals surface area contributed by atoms with E-state index in [1.54, 1.807) is 42.5 Å². The van der Waals surface area contributed by atoms with Crippen molar-refractivity contribution in [1.82, 2.24) is 4.98 Å². The van der Waals surface area contributed by atoms with E-state index < -0.39 is 5.97 Å². The van der Waals surface area contributed by atoms with Crippen molar-refractivity contribution < 1.29 is 18.3 Å². The molecule has 0 spiro atoms. The molecule has 0 saturated carbocycles. The summed E-state index contributed by atoms with van der Waals surface area (Å²) in [6, 6.07) is 18.2. The number of aryl methyl sites for hydroxylation is 1. The number of nitrogens with zero attached hydrogens (tertiary/aromatic N) is 2. The molecule has 0 atom stereocenters. The second-order valence-electron chi connectivity index (χ2n) is 7.79. The molecule has 2 heterocycles. The monoisotopic (exact) mass is 430 g/mol. The van der Waals surface area contributed by atoms with Gasteiger partial charge >= 0.3 is 5.97 Å². The predicted octanol–water partition coefficient (Wildman–Crippen LogP) is 6.05. The third kappa shape index (κ3) is 3.58. The van der Waals surface area contributed by atoms with E-state index >= 15 is 0 Å². The van der Waals surface area contributed by atoms with E-state index in [4.69, 9.17) is 9.72 Å². The average molecular weight is 430 g/mol. The maximum atomic E-state index is 13.9. The Balaban J connectivity index is 1.75. The number of rotatable bonds is 3. The van der Waals surface area contributed by atoms with E-state index in [1.165, 1.54) is 25.3 Å². The van der Waals surface area contributed by atoms with Gasteiger partial charge in [0.2, 0.25) is 0 Å². The van der Waals surface area contributed by atoms with Crippen LogP contribution in [0.2, 0.25) is 0 Å². The molecule has 160 valence electrons. The first-order valence-electron chi connectivity index (χ1n) is 10.4. The number of benzene rings is 3. The van der Waals surface area contributed by atoms with Crippen molar-refractivity contribution in [3.8, 4) is 11.3 Å². The lowest BCUT2D eigenvalue weighted by molar-refractivity contribution is 0.0601. The molecular weight excluding hydrogens is 410 g/mol. The Kier molecular flexibility index (Phi) is 5.05. The van der Waals surface area contributed by atoms with Gasteiger partial charge in [0.1, 0.15) is 11.6 Å². The second-order valence-corrected chi connectivity index (χ2v) is 7.79. The van der Waals surface area contributed by atoms with Crippen LogP contribution in [0.1, 0.15) is 22.3 Å². The van der Waals surface area contributed by atoms with E-state index in [-0.39, 0.29) is 11.6 Å². The van der Waals surface area contributed by atoms with Gasteiger partial charge in [-0.15, -0.1) is 0 Å². The van der Waals surface area contributed by atoms with Crippen LogP contribution in [0.3, 0.4) is 0 Å². The number of pyridine rings is 1. The Morgan fingerprint density at radius 2 is 1.72 bits per heavy atom. The molecule has 4 nitrogen and oxygen atoms in total. The number of aromatic nitrogens is 1. The zero-order valence-electron chi connectivity index (χ0n) is 17.4. The van der Waals surface area contributed by atoms with Crippen molar-refractivity contribution in [3.63, 3.8) is 0 Å². The summed E-state index contributed by atoms with van der Waals surface area (Å²) in [4.78, 5) is 19.1. The summed E-state index contributed by atoms with van der Waals surface area (Å²) < 4.78 is 32.2. The van der Waals surface area contributed by atoms with Crippen LogP contribution in [0.5, 0.6) is 0 Å². The first-order valence-corrected chi connectivity index (χ1v) is 10.4. The predicted molar refractivity (Wildman–Crippen MR) is 120 cm³/mol. The van der Waals surface area contributed by atoms with E-state index in [9.17, 15) is 13.6 Å². The number of halogens is 2. The SMILES string of the molecule is COC(=O)c1ccc2nc(-c3ccc(F)cc3)cc(N3CCCc4cc(F)ccc43)c2c1. The summed E-state index contributed by atoms with van der Waals surface area (Å²) in [5.74, 6) is -1.00. The van der Waals surface area contributed by atoms with Crippen LogP contribution in [-0.2, 0) is 11.2 Å². The summed E-state index contributed by atoms with van der Waals surface area (Å²) in [7, 11) is 1.35. The van der Waals surface area contributed by atoms with Crippen LogP contribution in [0, 0.1) is 11.6 Å². The topological polar surface area (TPSA) is 42.4 Å². The number of ether oxygens (including phenoxy) is 1. The van der Waals surface area contributed by atoms with Gasteiger partial charge in [0.15, 0.2) is 0 Å². The Labute approximate surface area is 184 Å². The van der Waals surface area contributed by atoms with Gasteiger partial charge in [-0.3, -0.25) is 0 Å². The standard InChI is InChI=1S/C26H20F2N2O2/c1-32-26(31)18-6-10-22-21(14-18)25(15-23(29-22)16-4-7-19(27)8-5-16)30-12-2-3-17-13-20(28)9-11-24(17)30/h4-11,13-15H,2-3,12H2,1H3. The van der Waals surface area contributed by atoms with Crippen molar-refractivity contribution in [2.24, 2.45) is 0 Å². The Morgan fingerprint density at radius 1 is 0.938 bits per heavy atom. The summed E-state index contributed by atoms with van der Waals surface area (Å²) in [5.41, 5.74) is 5.31. The number of methoxy groups -OCH3 is 1. The number of carbonyl (C=O) groups is 1. The van der Waals surface area contributed by atoms with Crippen LogP contribution in [0.15, 0.2) is 66.7 Å². The van der Waals surface area contributed by atoms with Crippen molar-refractivity contribution in [1.29, 1.82) is 0 Å². The molecule has 0 bridgehead atoms. The van der Waals surface area contributed by atoms with Gasteiger partial charge in [-0.25, -0.2) is 18.6 Å². The second kappa shape index (κ2) is 8.04. The molecule has 0 saturated heterocycles. The van der Waals surface area contributed by atoms with Gasteiger partial charge in [0.25, 0.3) is 0 Å². The minimum absolute atomic E-state index is 0.259. The van der Waals surface area contributed by atoms with Gasteiger partial charge in [-0.05, 0) is 85.1 Å². The van der Waals surface area contributed by atoms with Crippen molar-refractivity contribution in [2.45, 2.75) is 12.8 Å². The largest absolute Gasteiger partial charge is 0.465 e.